The average Bonchev–Trinajstić information content (AvgIpc) is 3.26. The van der Waals surface area contributed by atoms with Crippen molar-refractivity contribution in [2.75, 3.05) is 0 Å². The fourth-order valence-electron chi connectivity index (χ4n) is 8.13. The van der Waals surface area contributed by atoms with Crippen LogP contribution in [0.5, 0.6) is 0 Å². The molecule has 0 saturated heterocycles. The number of carbonyl (C=O) groups is 2. The lowest BCUT2D eigenvalue weighted by Crippen LogP contribution is -2.19. The summed E-state index contributed by atoms with van der Waals surface area (Å²) in [5, 5.41) is 81.6. The third-order valence-electron chi connectivity index (χ3n) is 10.5. The number of benzene rings is 9. The predicted octanol–water partition coefficient (Wildman–Crippen LogP) is 13.1. The van der Waals surface area contributed by atoms with E-state index in [1.807, 2.05) is 72.8 Å². The lowest BCUT2D eigenvalue weighted by atomic mass is 9.76. The zero-order valence-corrected chi connectivity index (χ0v) is 31.3. The summed E-state index contributed by atoms with van der Waals surface area (Å²) in [4.78, 5) is 27.5. The smallest absolute Gasteiger partial charge is 0.337 e. The van der Waals surface area contributed by atoms with E-state index in [4.69, 9.17) is 10.8 Å². The second-order valence-corrected chi connectivity index (χ2v) is 13.9. The topological polar surface area (TPSA) is 212 Å². The molecule has 288 valence electrons. The van der Waals surface area contributed by atoms with Gasteiger partial charge in [-0.25, -0.2) is 9.59 Å². The average molecular weight is 787 g/mol. The van der Waals surface area contributed by atoms with E-state index in [9.17, 15) is 30.0 Å². The first-order valence-corrected chi connectivity index (χ1v) is 18.5. The number of hydrogen-bond donors (Lipinski definition) is 6. The Kier molecular flexibility index (Phi) is 9.06. The van der Waals surface area contributed by atoms with Gasteiger partial charge in [-0.3, -0.25) is 10.8 Å². The van der Waals surface area contributed by atoms with Gasteiger partial charge in [-0.05, 0) is 92.2 Å². The molecule has 0 fully saturated rings. The molecule has 9 aromatic carbocycles. The number of nitrogens with zero attached hydrogens (tertiary/aromatic N) is 4. The number of aliphatic hydroxyl groups excluding tert-OH is 2. The van der Waals surface area contributed by atoms with Crippen molar-refractivity contribution in [1.29, 1.82) is 10.8 Å². The van der Waals surface area contributed by atoms with Gasteiger partial charge in [0, 0.05) is 21.7 Å². The third kappa shape index (κ3) is 6.12. The van der Waals surface area contributed by atoms with Gasteiger partial charge in [0.25, 0.3) is 0 Å². The van der Waals surface area contributed by atoms with Gasteiger partial charge in [0.1, 0.15) is 0 Å². The molecule has 0 spiro atoms. The number of carboxylic acid groups (broad SMARTS) is 2. The zero-order chi connectivity index (χ0) is 41.7. The maximum atomic E-state index is 14.0. The van der Waals surface area contributed by atoms with Crippen LogP contribution in [0.15, 0.2) is 166 Å². The van der Waals surface area contributed by atoms with Gasteiger partial charge in [0.15, 0.2) is 0 Å². The molecule has 0 bridgehead atoms. The Labute approximate surface area is 340 Å². The van der Waals surface area contributed by atoms with E-state index in [1.54, 1.807) is 72.8 Å². The first kappa shape index (κ1) is 37.0. The molecule has 0 aliphatic rings. The monoisotopic (exact) mass is 786 g/mol. The molecule has 12 nitrogen and oxygen atoms in total. The van der Waals surface area contributed by atoms with Gasteiger partial charge in [0.05, 0.1) is 45.0 Å². The Hall–Kier alpha value is -8.64. The largest absolute Gasteiger partial charge is 0.493 e. The summed E-state index contributed by atoms with van der Waals surface area (Å²) in [5.41, 5.74) is 1.43. The standard InChI is InChI=1S/C48H30N6O6/c49-45(55)41-38-33-16-8-10-25-9-7-15-32(34(25)33)37-35(26-17-21-30(22-18-26)53-51-28-11-3-1-4-12-28)36(27-19-23-31(24-20-27)54-52-29-13-5-2-6-14-29)43(47(57)58)40(39(37)38)44(48(59)60)42(41)46(50)56/h1-24H,(H2,49,55)(H2,50,56)(H,57,58)(H,59,60). The van der Waals surface area contributed by atoms with Crippen molar-refractivity contribution in [2.24, 2.45) is 20.5 Å². The number of azo groups is 2. The summed E-state index contributed by atoms with van der Waals surface area (Å²) in [6, 6.07) is 43.0. The van der Waals surface area contributed by atoms with Gasteiger partial charge in [-0.15, -0.1) is 0 Å². The van der Waals surface area contributed by atoms with Crippen LogP contribution in [-0.2, 0) is 0 Å². The van der Waals surface area contributed by atoms with E-state index in [-0.39, 0.29) is 21.7 Å². The Morgan fingerprint density at radius 3 is 1.25 bits per heavy atom. The quantitative estimate of drug-likeness (QED) is 0.0261. The highest BCUT2D eigenvalue weighted by atomic mass is 16.4. The number of carboxylic acids is 2. The zero-order valence-electron chi connectivity index (χ0n) is 31.3. The number of nitrogens with one attached hydrogen (secondary N) is 2. The number of aliphatic hydroxyl groups is 2. The normalized spacial score (nSPS) is 11.7. The van der Waals surface area contributed by atoms with Crippen LogP contribution in [0.2, 0.25) is 0 Å². The summed E-state index contributed by atoms with van der Waals surface area (Å²) in [5.74, 6) is -5.54. The summed E-state index contributed by atoms with van der Waals surface area (Å²) in [6.45, 7) is 0. The van der Waals surface area contributed by atoms with Crippen LogP contribution in [0.1, 0.15) is 31.8 Å². The van der Waals surface area contributed by atoms with Crippen LogP contribution < -0.4 is 0 Å². The molecule has 9 aromatic rings. The molecule has 0 amide bonds. The number of hydrogen-bond acceptors (Lipinski definition) is 8. The fraction of sp³-hybridized carbons (Fsp3) is 0. The molecule has 0 aliphatic carbocycles. The van der Waals surface area contributed by atoms with Crippen molar-refractivity contribution in [3.05, 3.63) is 168 Å². The van der Waals surface area contributed by atoms with Crippen LogP contribution in [0.25, 0.3) is 65.3 Å². The molecular weight excluding hydrogens is 757 g/mol. The van der Waals surface area contributed by atoms with Crippen LogP contribution in [0.4, 0.5) is 22.7 Å². The van der Waals surface area contributed by atoms with Gasteiger partial charge in [0.2, 0.25) is 11.8 Å². The maximum Gasteiger partial charge on any atom is 0.337 e. The van der Waals surface area contributed by atoms with Crippen molar-refractivity contribution < 1.29 is 30.0 Å². The van der Waals surface area contributed by atoms with Crippen molar-refractivity contribution in [1.82, 2.24) is 0 Å². The molecule has 0 saturated carbocycles. The van der Waals surface area contributed by atoms with Crippen LogP contribution >= 0.6 is 0 Å². The minimum absolute atomic E-state index is 0.107. The van der Waals surface area contributed by atoms with E-state index < -0.39 is 46.0 Å². The van der Waals surface area contributed by atoms with Crippen LogP contribution in [-0.4, -0.2) is 44.2 Å². The molecule has 0 radical (unpaired) electrons. The molecule has 6 N–H and O–H groups in total. The van der Waals surface area contributed by atoms with E-state index in [1.165, 1.54) is 0 Å². The summed E-state index contributed by atoms with van der Waals surface area (Å²) in [6.07, 6.45) is 0. The van der Waals surface area contributed by atoms with Gasteiger partial charge in [-0.2, -0.15) is 20.5 Å². The molecule has 0 unspecified atom stereocenters. The van der Waals surface area contributed by atoms with Crippen molar-refractivity contribution in [3.63, 3.8) is 0 Å². The van der Waals surface area contributed by atoms with Crippen molar-refractivity contribution >= 4 is 89.6 Å². The van der Waals surface area contributed by atoms with Crippen molar-refractivity contribution in [3.8, 4) is 22.3 Å². The molecule has 0 aromatic heterocycles. The minimum Gasteiger partial charge on any atom is -0.493 e. The highest BCUT2D eigenvalue weighted by Gasteiger charge is 2.35. The highest BCUT2D eigenvalue weighted by molar-refractivity contribution is 6.43. The van der Waals surface area contributed by atoms with Gasteiger partial charge < -0.3 is 20.4 Å². The molecule has 9 rings (SSSR count). The molecule has 0 aliphatic heterocycles. The lowest BCUT2D eigenvalue weighted by molar-refractivity contribution is 0.0695. The van der Waals surface area contributed by atoms with Crippen molar-refractivity contribution in [2.45, 2.75) is 0 Å². The summed E-state index contributed by atoms with van der Waals surface area (Å²) in [7, 11) is 0. The SMILES string of the molecule is N=C(O)c1c(C(=O)O)c2c(C(=O)O)c(-c3ccc(N=Nc4ccccc4)cc3)c(-c3ccc(N=Nc4ccccc4)cc3)c3c4cccc5cccc(c(c1C(=N)O)c23)c54. The first-order chi connectivity index (χ1) is 29.1. The second-order valence-electron chi connectivity index (χ2n) is 13.9. The van der Waals surface area contributed by atoms with E-state index >= 15 is 0 Å². The molecule has 60 heavy (non-hydrogen) atoms. The summed E-state index contributed by atoms with van der Waals surface area (Å²) >= 11 is 0. The molecular formula is C48H30N6O6. The fourth-order valence-corrected chi connectivity index (χ4v) is 8.13. The Morgan fingerprint density at radius 1 is 0.367 bits per heavy atom. The Bertz CT molecular complexity index is 3290. The van der Waals surface area contributed by atoms with Crippen LogP contribution in [0, 0.1) is 10.8 Å². The van der Waals surface area contributed by atoms with Crippen LogP contribution in [0.3, 0.4) is 0 Å². The number of fused-ring (bicyclic) bond motifs is 2. The number of rotatable bonds is 10. The number of aromatic carboxylic acids is 2. The van der Waals surface area contributed by atoms with Gasteiger partial charge in [-0.1, -0.05) is 97.1 Å². The lowest BCUT2D eigenvalue weighted by Gasteiger charge is -2.26. The molecule has 0 atom stereocenters. The maximum absolute atomic E-state index is 14.0. The van der Waals surface area contributed by atoms with E-state index in [0.29, 0.717) is 61.0 Å². The van der Waals surface area contributed by atoms with E-state index in [2.05, 4.69) is 20.5 Å². The highest BCUT2D eigenvalue weighted by Crippen LogP contribution is 2.53. The summed E-state index contributed by atoms with van der Waals surface area (Å²) < 4.78 is 0. The minimum atomic E-state index is -1.67. The van der Waals surface area contributed by atoms with E-state index in [0.717, 1.165) is 5.39 Å². The van der Waals surface area contributed by atoms with Gasteiger partial charge >= 0.3 is 11.9 Å². The third-order valence-corrected chi connectivity index (χ3v) is 10.5. The first-order valence-electron chi connectivity index (χ1n) is 18.5. The Morgan fingerprint density at radius 2 is 0.800 bits per heavy atom. The second kappa shape index (κ2) is 14.7. The molecule has 0 heterocycles. The predicted molar refractivity (Wildman–Crippen MR) is 233 cm³/mol. The Balaban J connectivity index is 1.47. The molecule has 12 heteroatoms.